The zero-order chi connectivity index (χ0) is 14.4. The highest BCUT2D eigenvalue weighted by molar-refractivity contribution is 6.34. The van der Waals surface area contributed by atoms with Gasteiger partial charge in [0.15, 0.2) is 0 Å². The van der Waals surface area contributed by atoms with Gasteiger partial charge in [-0.15, -0.1) is 0 Å². The Morgan fingerprint density at radius 1 is 1.45 bits per heavy atom. The lowest BCUT2D eigenvalue weighted by atomic mass is 10.2. The third kappa shape index (κ3) is 1.93. The van der Waals surface area contributed by atoms with Crippen LogP contribution in [0.2, 0.25) is 5.02 Å². The van der Waals surface area contributed by atoms with E-state index in [1.807, 2.05) is 0 Å². The van der Waals surface area contributed by atoms with E-state index in [9.17, 15) is 9.59 Å². The van der Waals surface area contributed by atoms with Crippen molar-refractivity contribution in [2.45, 2.75) is 13.0 Å². The number of hydrogen-bond donors (Lipinski definition) is 0. The summed E-state index contributed by atoms with van der Waals surface area (Å²) in [6, 6.07) is -0.0618. The molecule has 2 amide bonds. The molecule has 3 heterocycles. The molecule has 2 aliphatic heterocycles. The van der Waals surface area contributed by atoms with Gasteiger partial charge in [0, 0.05) is 26.7 Å². The van der Waals surface area contributed by atoms with Gasteiger partial charge in [-0.1, -0.05) is 11.6 Å². The third-order valence-corrected chi connectivity index (χ3v) is 4.21. The maximum atomic E-state index is 12.6. The van der Waals surface area contributed by atoms with E-state index in [1.54, 1.807) is 23.8 Å². The standard InChI is InChI=1S/C12H15ClN4O3/c1-7-9(13)10(15(2)14-7)11(18)16-3-4-17-8(5-16)6-20-12(17)19/h8H,3-6H2,1-2H3/t8-/m1/s1. The molecule has 2 saturated heterocycles. The molecule has 2 aliphatic rings. The summed E-state index contributed by atoms with van der Waals surface area (Å²) in [4.78, 5) is 27.4. The molecule has 1 aromatic rings. The third-order valence-electron chi connectivity index (χ3n) is 3.76. The van der Waals surface area contributed by atoms with Crippen LogP contribution in [0.5, 0.6) is 0 Å². The molecule has 20 heavy (non-hydrogen) atoms. The summed E-state index contributed by atoms with van der Waals surface area (Å²) in [6.07, 6.45) is -0.295. The number of ether oxygens (including phenoxy) is 1. The molecular weight excluding hydrogens is 284 g/mol. The van der Waals surface area contributed by atoms with Crippen LogP contribution in [0.15, 0.2) is 0 Å². The minimum absolute atomic E-state index is 0.0618. The Morgan fingerprint density at radius 3 is 2.85 bits per heavy atom. The molecule has 0 aromatic carbocycles. The monoisotopic (exact) mass is 298 g/mol. The van der Waals surface area contributed by atoms with Gasteiger partial charge in [0.2, 0.25) is 0 Å². The summed E-state index contributed by atoms with van der Waals surface area (Å²) in [5.74, 6) is -0.155. The Bertz CT molecular complexity index is 586. The minimum atomic E-state index is -0.295. The number of hydrogen-bond acceptors (Lipinski definition) is 4. The maximum absolute atomic E-state index is 12.6. The normalized spacial score (nSPS) is 21.9. The van der Waals surface area contributed by atoms with Gasteiger partial charge in [-0.05, 0) is 6.92 Å². The first-order valence-corrected chi connectivity index (χ1v) is 6.78. The molecule has 0 spiro atoms. The quantitative estimate of drug-likeness (QED) is 0.764. The predicted octanol–water partition coefficient (Wildman–Crippen LogP) is 0.659. The molecule has 1 aromatic heterocycles. The smallest absolute Gasteiger partial charge is 0.410 e. The highest BCUT2D eigenvalue weighted by Crippen LogP contribution is 2.24. The molecular formula is C12H15ClN4O3. The summed E-state index contributed by atoms with van der Waals surface area (Å²) in [5.41, 5.74) is 1.03. The molecule has 108 valence electrons. The Balaban J connectivity index is 1.80. The summed E-state index contributed by atoms with van der Waals surface area (Å²) in [6.45, 7) is 3.53. The first-order valence-electron chi connectivity index (χ1n) is 6.41. The Labute approximate surface area is 121 Å². The van der Waals surface area contributed by atoms with Crippen LogP contribution in [-0.4, -0.2) is 63.9 Å². The van der Waals surface area contributed by atoms with Gasteiger partial charge in [-0.3, -0.25) is 14.4 Å². The average molecular weight is 299 g/mol. The van der Waals surface area contributed by atoms with E-state index in [2.05, 4.69) is 5.10 Å². The first-order chi connectivity index (χ1) is 9.49. The van der Waals surface area contributed by atoms with Crippen molar-refractivity contribution in [1.82, 2.24) is 19.6 Å². The number of nitrogens with zero attached hydrogens (tertiary/aromatic N) is 4. The molecule has 1 atom stereocenters. The van der Waals surface area contributed by atoms with E-state index in [4.69, 9.17) is 16.3 Å². The average Bonchev–Trinajstić information content (AvgIpc) is 2.90. The number of carbonyl (C=O) groups excluding carboxylic acids is 2. The van der Waals surface area contributed by atoms with Crippen molar-refractivity contribution >= 4 is 23.6 Å². The molecule has 0 unspecified atom stereocenters. The molecule has 0 aliphatic carbocycles. The molecule has 2 fully saturated rings. The van der Waals surface area contributed by atoms with E-state index < -0.39 is 0 Å². The Morgan fingerprint density at radius 2 is 2.20 bits per heavy atom. The van der Waals surface area contributed by atoms with Crippen LogP contribution in [0.25, 0.3) is 0 Å². The van der Waals surface area contributed by atoms with Crippen molar-refractivity contribution < 1.29 is 14.3 Å². The summed E-state index contributed by atoms with van der Waals surface area (Å²) in [5, 5.41) is 4.54. The van der Waals surface area contributed by atoms with Crippen molar-refractivity contribution in [3.63, 3.8) is 0 Å². The predicted molar refractivity (Wildman–Crippen MR) is 70.7 cm³/mol. The van der Waals surface area contributed by atoms with Gasteiger partial charge in [0.05, 0.1) is 16.8 Å². The number of amides is 2. The fourth-order valence-electron chi connectivity index (χ4n) is 2.69. The van der Waals surface area contributed by atoms with Gasteiger partial charge in [-0.2, -0.15) is 5.10 Å². The number of carbonyl (C=O) groups is 2. The van der Waals surface area contributed by atoms with E-state index >= 15 is 0 Å². The van der Waals surface area contributed by atoms with Crippen LogP contribution in [0.3, 0.4) is 0 Å². The molecule has 0 N–H and O–H groups in total. The van der Waals surface area contributed by atoms with Crippen molar-refractivity contribution in [2.75, 3.05) is 26.2 Å². The first kappa shape index (κ1) is 13.2. The number of fused-ring (bicyclic) bond motifs is 1. The van der Waals surface area contributed by atoms with E-state index in [1.165, 1.54) is 4.68 Å². The van der Waals surface area contributed by atoms with E-state index in [0.717, 1.165) is 0 Å². The van der Waals surface area contributed by atoms with Gasteiger partial charge < -0.3 is 9.64 Å². The van der Waals surface area contributed by atoms with Crippen LogP contribution >= 0.6 is 11.6 Å². The SMILES string of the molecule is Cc1nn(C)c(C(=O)N2CCN3C(=O)OC[C@H]3C2)c1Cl. The second kappa shape index (κ2) is 4.66. The van der Waals surface area contributed by atoms with Crippen molar-refractivity contribution in [1.29, 1.82) is 0 Å². The zero-order valence-corrected chi connectivity index (χ0v) is 12.1. The second-order valence-electron chi connectivity index (χ2n) is 5.05. The van der Waals surface area contributed by atoms with E-state index in [0.29, 0.717) is 42.7 Å². The summed E-state index contributed by atoms with van der Waals surface area (Å²) >= 11 is 6.14. The van der Waals surface area contributed by atoms with Crippen LogP contribution in [-0.2, 0) is 11.8 Å². The number of piperazine rings is 1. The largest absolute Gasteiger partial charge is 0.447 e. The van der Waals surface area contributed by atoms with Gasteiger partial charge in [0.1, 0.15) is 12.3 Å². The van der Waals surface area contributed by atoms with Crippen LogP contribution in [0.1, 0.15) is 16.2 Å². The number of aryl methyl sites for hydroxylation is 2. The lowest BCUT2D eigenvalue weighted by Crippen LogP contribution is -2.54. The van der Waals surface area contributed by atoms with Gasteiger partial charge in [-0.25, -0.2) is 4.79 Å². The molecule has 7 nitrogen and oxygen atoms in total. The highest BCUT2D eigenvalue weighted by atomic mass is 35.5. The van der Waals surface area contributed by atoms with Crippen molar-refractivity contribution in [2.24, 2.45) is 7.05 Å². The molecule has 0 bridgehead atoms. The highest BCUT2D eigenvalue weighted by Gasteiger charge is 2.39. The summed E-state index contributed by atoms with van der Waals surface area (Å²) in [7, 11) is 1.70. The van der Waals surface area contributed by atoms with Crippen LogP contribution < -0.4 is 0 Å². The molecule has 3 rings (SSSR count). The molecule has 8 heteroatoms. The van der Waals surface area contributed by atoms with Crippen molar-refractivity contribution in [3.8, 4) is 0 Å². The number of cyclic esters (lactones) is 1. The summed E-state index contributed by atoms with van der Waals surface area (Å²) < 4.78 is 6.49. The van der Waals surface area contributed by atoms with E-state index in [-0.39, 0.29) is 18.0 Å². The second-order valence-corrected chi connectivity index (χ2v) is 5.42. The topological polar surface area (TPSA) is 67.7 Å². The number of aromatic nitrogens is 2. The van der Waals surface area contributed by atoms with Crippen molar-refractivity contribution in [3.05, 3.63) is 16.4 Å². The van der Waals surface area contributed by atoms with Crippen LogP contribution in [0, 0.1) is 6.92 Å². The lowest BCUT2D eigenvalue weighted by Gasteiger charge is -2.35. The number of halogens is 1. The zero-order valence-electron chi connectivity index (χ0n) is 11.3. The minimum Gasteiger partial charge on any atom is -0.447 e. The molecule has 0 radical (unpaired) electrons. The maximum Gasteiger partial charge on any atom is 0.410 e. The number of rotatable bonds is 1. The fourth-order valence-corrected chi connectivity index (χ4v) is 2.93. The van der Waals surface area contributed by atoms with Gasteiger partial charge >= 0.3 is 6.09 Å². The Kier molecular flexibility index (Phi) is 3.08. The lowest BCUT2D eigenvalue weighted by molar-refractivity contribution is 0.0606. The molecule has 0 saturated carbocycles. The fraction of sp³-hybridized carbons (Fsp3) is 0.583. The van der Waals surface area contributed by atoms with Crippen LogP contribution in [0.4, 0.5) is 4.79 Å². The van der Waals surface area contributed by atoms with Gasteiger partial charge in [0.25, 0.3) is 5.91 Å². The Hall–Kier alpha value is -1.76.